The number of hydrogen-bond donors (Lipinski definition) is 2. The van der Waals surface area contributed by atoms with Crippen molar-refractivity contribution in [3.05, 3.63) is 18.2 Å². The number of anilines is 1. The van der Waals surface area contributed by atoms with Gasteiger partial charge in [-0.25, -0.2) is 0 Å². The van der Waals surface area contributed by atoms with Gasteiger partial charge in [0, 0.05) is 82.3 Å². The molecule has 162 valence electrons. The van der Waals surface area contributed by atoms with E-state index < -0.39 is 0 Å². The van der Waals surface area contributed by atoms with Crippen molar-refractivity contribution in [3.63, 3.8) is 0 Å². The van der Waals surface area contributed by atoms with E-state index in [2.05, 4.69) is 56.6 Å². The maximum absolute atomic E-state index is 5.41. The summed E-state index contributed by atoms with van der Waals surface area (Å²) in [6.07, 6.45) is 1.06. The molecule has 2 heterocycles. The fraction of sp³-hybridized carbons (Fsp3) is 0.667. The van der Waals surface area contributed by atoms with Gasteiger partial charge >= 0.3 is 0 Å². The number of hydrogen-bond acceptors (Lipinski definition) is 6. The molecule has 0 amide bonds. The molecule has 0 bridgehead atoms. The lowest BCUT2D eigenvalue weighted by atomic mass is 10.2. The normalized spacial score (nSPS) is 23.9. The van der Waals surface area contributed by atoms with E-state index in [4.69, 9.17) is 9.47 Å². The predicted octanol–water partition coefficient (Wildman–Crippen LogP) is 0.693. The number of methoxy groups -OCH3 is 2. The Hall–Kier alpha value is -2.19. The molecule has 0 aliphatic carbocycles. The minimum absolute atomic E-state index is 0.352. The molecule has 2 aliphatic heterocycles. The van der Waals surface area contributed by atoms with Crippen LogP contribution < -0.4 is 25.0 Å². The first-order chi connectivity index (χ1) is 14.0. The Morgan fingerprint density at radius 1 is 1.07 bits per heavy atom. The number of guanidine groups is 1. The van der Waals surface area contributed by atoms with Crippen molar-refractivity contribution in [1.29, 1.82) is 0 Å². The molecular weight excluding hydrogens is 368 g/mol. The zero-order chi connectivity index (χ0) is 20.8. The molecule has 2 unspecified atom stereocenters. The maximum atomic E-state index is 5.41. The molecule has 2 aliphatic rings. The molecule has 1 aromatic rings. The van der Waals surface area contributed by atoms with Gasteiger partial charge < -0.3 is 29.9 Å². The summed E-state index contributed by atoms with van der Waals surface area (Å²) >= 11 is 0. The third kappa shape index (κ3) is 5.67. The average molecular weight is 405 g/mol. The average Bonchev–Trinajstić information content (AvgIpc) is 3.21. The van der Waals surface area contributed by atoms with E-state index in [0.717, 1.165) is 68.8 Å². The van der Waals surface area contributed by atoms with E-state index in [0.29, 0.717) is 12.1 Å². The number of piperazine rings is 1. The van der Waals surface area contributed by atoms with Crippen LogP contribution in [0.2, 0.25) is 0 Å². The second-order valence-electron chi connectivity index (χ2n) is 8.00. The molecular formula is C21H36N6O2. The highest BCUT2D eigenvalue weighted by Crippen LogP contribution is 2.30. The highest BCUT2D eigenvalue weighted by atomic mass is 16.5. The van der Waals surface area contributed by atoms with Crippen molar-refractivity contribution in [3.8, 4) is 11.5 Å². The maximum Gasteiger partial charge on any atom is 0.191 e. The number of nitrogens with one attached hydrogen (secondary N) is 2. The van der Waals surface area contributed by atoms with Crippen molar-refractivity contribution in [2.45, 2.75) is 18.5 Å². The lowest BCUT2D eigenvalue weighted by Gasteiger charge is -2.38. The minimum Gasteiger partial charge on any atom is -0.497 e. The molecule has 0 radical (unpaired) electrons. The summed E-state index contributed by atoms with van der Waals surface area (Å²) in [5, 5.41) is 7.11. The highest BCUT2D eigenvalue weighted by molar-refractivity contribution is 5.80. The Morgan fingerprint density at radius 3 is 2.45 bits per heavy atom. The van der Waals surface area contributed by atoms with E-state index in [1.807, 2.05) is 13.1 Å². The Balaban J connectivity index is 1.53. The van der Waals surface area contributed by atoms with Gasteiger partial charge in [0.25, 0.3) is 0 Å². The SMILES string of the molecule is CN=C(NCC1CN(C)CCN1C)NC1CCN(c2cc(OC)cc(OC)c2)C1. The van der Waals surface area contributed by atoms with Gasteiger partial charge in [0.1, 0.15) is 11.5 Å². The van der Waals surface area contributed by atoms with Crippen molar-refractivity contribution in [2.24, 2.45) is 4.99 Å². The van der Waals surface area contributed by atoms with Gasteiger partial charge in [-0.15, -0.1) is 0 Å². The molecule has 8 nitrogen and oxygen atoms in total. The van der Waals surface area contributed by atoms with E-state index in [-0.39, 0.29) is 0 Å². The van der Waals surface area contributed by atoms with Crippen molar-refractivity contribution < 1.29 is 9.47 Å². The molecule has 0 saturated carbocycles. The lowest BCUT2D eigenvalue weighted by Crippen LogP contribution is -2.56. The summed E-state index contributed by atoms with van der Waals surface area (Å²) in [6.45, 7) is 6.12. The topological polar surface area (TPSA) is 64.6 Å². The number of benzene rings is 1. The van der Waals surface area contributed by atoms with Gasteiger partial charge in [0.2, 0.25) is 0 Å². The van der Waals surface area contributed by atoms with Gasteiger partial charge in [0.15, 0.2) is 5.96 Å². The third-order valence-electron chi connectivity index (χ3n) is 5.94. The van der Waals surface area contributed by atoms with Crippen LogP contribution in [0.4, 0.5) is 5.69 Å². The molecule has 3 rings (SSSR count). The van der Waals surface area contributed by atoms with Crippen molar-refractivity contribution >= 4 is 11.6 Å². The summed E-state index contributed by atoms with van der Waals surface area (Å²) in [5.41, 5.74) is 1.13. The van der Waals surface area contributed by atoms with Crippen LogP contribution in [0.5, 0.6) is 11.5 Å². The molecule has 2 atom stereocenters. The Labute approximate surface area is 174 Å². The van der Waals surface area contributed by atoms with Crippen LogP contribution in [0, 0.1) is 0 Å². The number of nitrogens with zero attached hydrogens (tertiary/aromatic N) is 4. The van der Waals surface area contributed by atoms with Crippen LogP contribution >= 0.6 is 0 Å². The molecule has 2 fully saturated rings. The fourth-order valence-electron chi connectivity index (χ4n) is 4.01. The molecule has 2 N–H and O–H groups in total. The molecule has 2 saturated heterocycles. The standard InChI is InChI=1S/C21H36N6O2/c1-22-21(23-13-18-15-25(2)8-9-26(18)3)24-16-6-7-27(14-16)17-10-19(28-4)12-20(11-17)29-5/h10-12,16,18H,6-9,13-15H2,1-5H3,(H2,22,23,24). The number of rotatable bonds is 6. The first-order valence-electron chi connectivity index (χ1n) is 10.4. The molecule has 0 spiro atoms. The third-order valence-corrected chi connectivity index (χ3v) is 5.94. The zero-order valence-corrected chi connectivity index (χ0v) is 18.4. The second-order valence-corrected chi connectivity index (χ2v) is 8.00. The number of ether oxygens (including phenoxy) is 2. The van der Waals surface area contributed by atoms with Crippen LogP contribution in [0.15, 0.2) is 23.2 Å². The fourth-order valence-corrected chi connectivity index (χ4v) is 4.01. The molecule has 29 heavy (non-hydrogen) atoms. The minimum atomic E-state index is 0.352. The predicted molar refractivity (Wildman–Crippen MR) is 119 cm³/mol. The molecule has 1 aromatic carbocycles. The van der Waals surface area contributed by atoms with Crippen LogP contribution in [0.1, 0.15) is 6.42 Å². The summed E-state index contributed by atoms with van der Waals surface area (Å²) in [5.74, 6) is 2.51. The van der Waals surface area contributed by atoms with Crippen LogP contribution in [0.25, 0.3) is 0 Å². The smallest absolute Gasteiger partial charge is 0.191 e. The molecule has 8 heteroatoms. The summed E-state index contributed by atoms with van der Waals surface area (Å²) in [7, 11) is 9.60. The van der Waals surface area contributed by atoms with Gasteiger partial charge in [-0.1, -0.05) is 0 Å². The van der Waals surface area contributed by atoms with Crippen molar-refractivity contribution in [1.82, 2.24) is 20.4 Å². The van der Waals surface area contributed by atoms with Gasteiger partial charge in [0.05, 0.1) is 14.2 Å². The van der Waals surface area contributed by atoms with Crippen LogP contribution in [-0.2, 0) is 0 Å². The van der Waals surface area contributed by atoms with E-state index in [1.54, 1.807) is 14.2 Å². The van der Waals surface area contributed by atoms with Crippen LogP contribution in [-0.4, -0.2) is 102 Å². The van der Waals surface area contributed by atoms with Gasteiger partial charge in [-0.2, -0.15) is 0 Å². The summed E-state index contributed by atoms with van der Waals surface area (Å²) in [6, 6.07) is 6.88. The van der Waals surface area contributed by atoms with Gasteiger partial charge in [-0.05, 0) is 20.5 Å². The van der Waals surface area contributed by atoms with E-state index >= 15 is 0 Å². The van der Waals surface area contributed by atoms with E-state index in [9.17, 15) is 0 Å². The zero-order valence-electron chi connectivity index (χ0n) is 18.4. The summed E-state index contributed by atoms with van der Waals surface area (Å²) < 4.78 is 10.8. The number of likely N-dealkylation sites (N-methyl/N-ethyl adjacent to an activating group) is 2. The first-order valence-corrected chi connectivity index (χ1v) is 10.4. The quantitative estimate of drug-likeness (QED) is 0.534. The second kappa shape index (κ2) is 10.0. The summed E-state index contributed by atoms with van der Waals surface area (Å²) in [4.78, 5) is 11.6. The van der Waals surface area contributed by atoms with E-state index in [1.165, 1.54) is 0 Å². The molecule has 0 aromatic heterocycles. The van der Waals surface area contributed by atoms with Crippen LogP contribution in [0.3, 0.4) is 0 Å². The number of aliphatic imine (C=N–C) groups is 1. The first kappa shape index (κ1) is 21.5. The van der Waals surface area contributed by atoms with Crippen molar-refractivity contribution in [2.75, 3.05) is 79.5 Å². The van der Waals surface area contributed by atoms with Gasteiger partial charge in [-0.3, -0.25) is 9.89 Å². The monoisotopic (exact) mass is 404 g/mol. The Kier molecular flexibility index (Phi) is 7.44. The highest BCUT2D eigenvalue weighted by Gasteiger charge is 2.26. The Bertz CT molecular complexity index is 675. The lowest BCUT2D eigenvalue weighted by molar-refractivity contribution is 0.116. The largest absolute Gasteiger partial charge is 0.497 e. The Morgan fingerprint density at radius 2 is 1.79 bits per heavy atom.